The normalized spacial score (nSPS) is 13.9. The minimum absolute atomic E-state index is 0.169. The van der Waals surface area contributed by atoms with E-state index in [1.807, 2.05) is 0 Å². The average molecular weight is 634 g/mol. The minimum atomic E-state index is -11.5. The van der Waals surface area contributed by atoms with E-state index < -0.39 is 107 Å². The van der Waals surface area contributed by atoms with Crippen LogP contribution < -0.4 is 4.74 Å². The average Bonchev–Trinajstić information content (AvgIpc) is 2.84. The predicted molar refractivity (Wildman–Crippen MR) is 114 cm³/mol. The van der Waals surface area contributed by atoms with E-state index in [1.165, 1.54) is 0 Å². The van der Waals surface area contributed by atoms with Gasteiger partial charge < -0.3 is 4.74 Å². The SMILES string of the molecule is Fc1c(F)c(S(F)(F)(F)(F)F)c(F)c(F)c1Oc1c(F)c(F)c(-c2ccc(S)cc2)c2c(F)c(F)c(F)c(F)c12. The van der Waals surface area contributed by atoms with Gasteiger partial charge in [0.25, 0.3) is 0 Å². The van der Waals surface area contributed by atoms with Crippen molar-refractivity contribution in [3.63, 3.8) is 0 Å². The Hall–Kier alpha value is -3.41. The van der Waals surface area contributed by atoms with Crippen molar-refractivity contribution in [1.29, 1.82) is 0 Å². The van der Waals surface area contributed by atoms with Crippen molar-refractivity contribution in [3.05, 3.63) is 82.4 Å². The first-order valence-electron chi connectivity index (χ1n) is 9.82. The zero-order valence-electron chi connectivity index (χ0n) is 18.2. The van der Waals surface area contributed by atoms with Gasteiger partial charge in [0.1, 0.15) is 0 Å². The van der Waals surface area contributed by atoms with Crippen LogP contribution in [0.15, 0.2) is 34.1 Å². The highest BCUT2D eigenvalue weighted by Crippen LogP contribution is 3.02. The Morgan fingerprint density at radius 2 is 0.900 bits per heavy atom. The maximum atomic E-state index is 15.1. The van der Waals surface area contributed by atoms with Gasteiger partial charge in [-0.3, -0.25) is 0 Å². The van der Waals surface area contributed by atoms with Crippen LogP contribution in [0, 0.1) is 58.2 Å². The Kier molecular flexibility index (Phi) is 6.32. The van der Waals surface area contributed by atoms with Gasteiger partial charge in [-0.1, -0.05) is 31.6 Å². The molecule has 4 aromatic rings. The molecule has 0 unspecified atom stereocenters. The van der Waals surface area contributed by atoms with Crippen molar-refractivity contribution in [1.82, 2.24) is 0 Å². The van der Waals surface area contributed by atoms with Crippen LogP contribution in [0.4, 0.5) is 63.3 Å². The van der Waals surface area contributed by atoms with Crippen molar-refractivity contribution in [2.24, 2.45) is 0 Å². The molecule has 0 saturated carbocycles. The second kappa shape index (κ2) is 8.55. The molecule has 0 bridgehead atoms. The quantitative estimate of drug-likeness (QED) is 0.102. The molecule has 0 fully saturated rings. The van der Waals surface area contributed by atoms with E-state index in [0.717, 1.165) is 24.3 Å². The van der Waals surface area contributed by atoms with E-state index in [1.54, 1.807) is 0 Å². The fourth-order valence-corrected chi connectivity index (χ4v) is 4.63. The van der Waals surface area contributed by atoms with Crippen molar-refractivity contribution in [2.45, 2.75) is 9.79 Å². The lowest BCUT2D eigenvalue weighted by molar-refractivity contribution is 0.309. The molecule has 0 radical (unpaired) electrons. The molecule has 4 rings (SSSR count). The van der Waals surface area contributed by atoms with Gasteiger partial charge in [0, 0.05) is 15.8 Å². The first-order chi connectivity index (χ1) is 18.1. The second-order valence-corrected chi connectivity index (χ2v) is 10.7. The molecule has 0 aromatic heterocycles. The van der Waals surface area contributed by atoms with E-state index in [4.69, 9.17) is 0 Å². The summed E-state index contributed by atoms with van der Waals surface area (Å²) in [6.45, 7) is 0. The third-order valence-electron chi connectivity index (χ3n) is 5.28. The molecule has 18 heteroatoms. The number of hydrogen-bond donors (Lipinski definition) is 1. The third kappa shape index (κ3) is 4.55. The molecule has 0 spiro atoms. The number of benzene rings is 4. The summed E-state index contributed by atoms with van der Waals surface area (Å²) in [7, 11) is -11.5. The molecule has 0 heterocycles. The first-order valence-corrected chi connectivity index (χ1v) is 12.2. The highest BCUT2D eigenvalue weighted by molar-refractivity contribution is 8.45. The zero-order valence-corrected chi connectivity index (χ0v) is 20.0. The van der Waals surface area contributed by atoms with Crippen molar-refractivity contribution >= 4 is 33.6 Å². The summed E-state index contributed by atoms with van der Waals surface area (Å²) in [4.78, 5) is -4.14. The van der Waals surface area contributed by atoms with Crippen molar-refractivity contribution < 1.29 is 68.1 Å². The number of halogens is 15. The number of rotatable bonds is 4. The Balaban J connectivity index is 2.15. The van der Waals surface area contributed by atoms with E-state index in [-0.39, 0.29) is 4.90 Å². The molecule has 0 saturated heterocycles. The summed E-state index contributed by atoms with van der Waals surface area (Å²) in [5, 5.41) is -3.70. The van der Waals surface area contributed by atoms with Crippen LogP contribution in [0.25, 0.3) is 21.9 Å². The molecule has 0 aliphatic heterocycles. The van der Waals surface area contributed by atoms with Gasteiger partial charge in [-0.25, -0.2) is 30.7 Å². The molecule has 1 nitrogen and oxygen atoms in total. The summed E-state index contributed by atoms with van der Waals surface area (Å²) in [5.41, 5.74) is -1.91. The number of hydrogen-bond acceptors (Lipinski definition) is 2. The Labute approximate surface area is 216 Å². The van der Waals surface area contributed by atoms with E-state index in [2.05, 4.69) is 17.4 Å². The predicted octanol–water partition coefficient (Wildman–Crippen LogP) is 10.6. The van der Waals surface area contributed by atoms with Crippen molar-refractivity contribution in [3.8, 4) is 22.6 Å². The Morgan fingerprint density at radius 1 is 0.475 bits per heavy atom. The molecular weight excluding hydrogens is 629 g/mol. The molecule has 40 heavy (non-hydrogen) atoms. The second-order valence-electron chi connectivity index (χ2n) is 7.87. The molecule has 4 aromatic carbocycles. The van der Waals surface area contributed by atoms with Crippen LogP contribution in [0.3, 0.4) is 0 Å². The summed E-state index contributed by atoms with van der Waals surface area (Å²) in [6.07, 6.45) is 0. The maximum absolute atomic E-state index is 15.1. The van der Waals surface area contributed by atoms with Crippen LogP contribution in [0.2, 0.25) is 0 Å². The van der Waals surface area contributed by atoms with Gasteiger partial charge in [-0.2, -0.15) is 13.2 Å². The van der Waals surface area contributed by atoms with Crippen LogP contribution in [0.5, 0.6) is 11.5 Å². The molecule has 0 aliphatic rings. The first kappa shape index (κ1) is 29.6. The Bertz CT molecular complexity index is 1720. The monoisotopic (exact) mass is 634 g/mol. The lowest BCUT2D eigenvalue weighted by Crippen LogP contribution is -2.16. The number of fused-ring (bicyclic) bond motifs is 1. The lowest BCUT2D eigenvalue weighted by atomic mass is 9.95. The third-order valence-corrected chi connectivity index (χ3v) is 6.71. The largest absolute Gasteiger partial charge is 0.447 e. The van der Waals surface area contributed by atoms with Crippen molar-refractivity contribution in [2.75, 3.05) is 0 Å². The molecule has 216 valence electrons. The van der Waals surface area contributed by atoms with Crippen LogP contribution in [-0.2, 0) is 0 Å². The van der Waals surface area contributed by atoms with Crippen LogP contribution in [0.1, 0.15) is 0 Å². The summed E-state index contributed by atoms with van der Waals surface area (Å²) < 4.78 is 214. The maximum Gasteiger partial charge on any atom is 0.316 e. The lowest BCUT2D eigenvalue weighted by Gasteiger charge is -2.40. The summed E-state index contributed by atoms with van der Waals surface area (Å²) >= 11 is 3.89. The van der Waals surface area contributed by atoms with E-state index in [0.29, 0.717) is 0 Å². The van der Waals surface area contributed by atoms with Gasteiger partial charge >= 0.3 is 10.2 Å². The van der Waals surface area contributed by atoms with E-state index >= 15 is 8.78 Å². The summed E-state index contributed by atoms with van der Waals surface area (Å²) in [5.74, 6) is -35.0. The topological polar surface area (TPSA) is 9.23 Å². The fraction of sp³-hybridized carbons (Fsp3) is 0. The molecular formula is C22H5F15OS2. The van der Waals surface area contributed by atoms with Gasteiger partial charge in [-0.15, -0.1) is 12.6 Å². The molecule has 0 N–H and O–H groups in total. The van der Waals surface area contributed by atoms with E-state index in [9.17, 15) is 54.6 Å². The highest BCUT2D eigenvalue weighted by Gasteiger charge is 2.70. The standard InChI is InChI=1S/C22H5F15OS2/c23-10-7(5-1-3-6(39)4-2-5)8-9(12(25)14(27)13(26)11(8)24)20(15(10)28)38-21-16(29)18(31)22(19(32)17(21)30)40(33,34,35,36)37/h1-4,39H. The Morgan fingerprint density at radius 3 is 1.35 bits per heavy atom. The zero-order chi connectivity index (χ0) is 30.3. The summed E-state index contributed by atoms with van der Waals surface area (Å²) in [6, 6.07) is 3.94. The molecule has 0 atom stereocenters. The van der Waals surface area contributed by atoms with Gasteiger partial charge in [0.05, 0.1) is 5.39 Å². The minimum Gasteiger partial charge on any atom is -0.447 e. The highest BCUT2D eigenvalue weighted by atomic mass is 32.5. The number of ether oxygens (including phenoxy) is 1. The molecule has 0 amide bonds. The smallest absolute Gasteiger partial charge is 0.316 e. The van der Waals surface area contributed by atoms with Crippen LogP contribution >= 0.6 is 22.9 Å². The van der Waals surface area contributed by atoms with Crippen LogP contribution in [-0.4, -0.2) is 0 Å². The van der Waals surface area contributed by atoms with Gasteiger partial charge in [0.15, 0.2) is 51.4 Å². The van der Waals surface area contributed by atoms with Gasteiger partial charge in [-0.05, 0) is 17.7 Å². The number of thiol groups is 1. The van der Waals surface area contributed by atoms with Gasteiger partial charge in [0.2, 0.25) is 23.2 Å². The fourth-order valence-electron chi connectivity index (χ4n) is 3.63. The molecule has 0 aliphatic carbocycles.